The normalized spacial score (nSPS) is 18.7. The number of hydrogen-bond acceptors (Lipinski definition) is 0. The van der Waals surface area contributed by atoms with Gasteiger partial charge in [0.05, 0.1) is 0 Å². The summed E-state index contributed by atoms with van der Waals surface area (Å²) in [5, 5.41) is -0.571. The molecule has 0 aromatic heterocycles. The molecule has 168 valence electrons. The van der Waals surface area contributed by atoms with Crippen LogP contribution in [0, 0.1) is 23.4 Å². The summed E-state index contributed by atoms with van der Waals surface area (Å²) in [7, 11) is 0. The second-order valence-electron chi connectivity index (χ2n) is 8.92. The van der Waals surface area contributed by atoms with E-state index in [1.165, 1.54) is 42.9 Å². The maximum atomic E-state index is 14.7. The molecule has 0 atom stereocenters. The van der Waals surface area contributed by atoms with Crippen LogP contribution in [0.1, 0.15) is 61.6 Å². The van der Waals surface area contributed by atoms with E-state index in [1.54, 1.807) is 6.07 Å². The van der Waals surface area contributed by atoms with Crippen molar-refractivity contribution < 1.29 is 13.2 Å². The maximum Gasteiger partial charge on any atom is 0.145 e. The van der Waals surface area contributed by atoms with Crippen molar-refractivity contribution in [2.24, 2.45) is 5.92 Å². The van der Waals surface area contributed by atoms with Crippen molar-refractivity contribution >= 4 is 11.6 Å². The highest BCUT2D eigenvalue weighted by molar-refractivity contribution is 6.31. The number of hydrogen-bond donors (Lipinski definition) is 0. The summed E-state index contributed by atoms with van der Waals surface area (Å²) in [6.45, 7) is 2.18. The Morgan fingerprint density at radius 1 is 0.781 bits per heavy atom. The van der Waals surface area contributed by atoms with Crippen LogP contribution in [0.5, 0.6) is 0 Å². The Balaban J connectivity index is 1.33. The fraction of sp³-hybridized carbons (Fsp3) is 0.357. The van der Waals surface area contributed by atoms with Gasteiger partial charge in [0.2, 0.25) is 0 Å². The highest BCUT2D eigenvalue weighted by atomic mass is 35.5. The van der Waals surface area contributed by atoms with Crippen LogP contribution in [-0.4, -0.2) is 0 Å². The van der Waals surface area contributed by atoms with Crippen LogP contribution < -0.4 is 0 Å². The van der Waals surface area contributed by atoms with Gasteiger partial charge in [0, 0.05) is 5.56 Å². The van der Waals surface area contributed by atoms with Gasteiger partial charge in [-0.1, -0.05) is 54.9 Å². The molecule has 1 fully saturated rings. The van der Waals surface area contributed by atoms with E-state index in [-0.39, 0.29) is 11.1 Å². The van der Waals surface area contributed by atoms with Gasteiger partial charge < -0.3 is 0 Å². The Labute approximate surface area is 193 Å². The molecule has 0 radical (unpaired) electrons. The highest BCUT2D eigenvalue weighted by Crippen LogP contribution is 2.38. The lowest BCUT2D eigenvalue weighted by Crippen LogP contribution is -2.14. The van der Waals surface area contributed by atoms with Gasteiger partial charge in [0.15, 0.2) is 0 Å². The van der Waals surface area contributed by atoms with E-state index in [0.29, 0.717) is 11.8 Å². The van der Waals surface area contributed by atoms with Crippen molar-refractivity contribution in [3.05, 3.63) is 93.8 Å². The van der Waals surface area contributed by atoms with E-state index in [1.807, 2.05) is 6.07 Å². The van der Waals surface area contributed by atoms with Crippen molar-refractivity contribution in [3.8, 4) is 11.1 Å². The molecule has 3 aromatic carbocycles. The molecule has 0 spiro atoms. The fourth-order valence-electron chi connectivity index (χ4n) is 4.84. The van der Waals surface area contributed by atoms with E-state index in [9.17, 15) is 13.2 Å². The number of aryl methyl sites for hydroxylation is 2. The van der Waals surface area contributed by atoms with E-state index < -0.39 is 22.5 Å². The molecule has 32 heavy (non-hydrogen) atoms. The van der Waals surface area contributed by atoms with E-state index in [2.05, 4.69) is 31.2 Å². The van der Waals surface area contributed by atoms with Crippen LogP contribution in [0.15, 0.2) is 54.6 Å². The molecular weight excluding hydrogens is 429 g/mol. The van der Waals surface area contributed by atoms with Crippen molar-refractivity contribution in [2.75, 3.05) is 0 Å². The molecule has 1 aliphatic carbocycles. The minimum absolute atomic E-state index is 0.152. The number of rotatable bonds is 6. The lowest BCUT2D eigenvalue weighted by molar-refractivity contribution is 0.310. The summed E-state index contributed by atoms with van der Waals surface area (Å²) in [4.78, 5) is 0. The first-order valence-electron chi connectivity index (χ1n) is 11.5. The van der Waals surface area contributed by atoms with Gasteiger partial charge in [-0.25, -0.2) is 13.2 Å². The Bertz CT molecular complexity index is 1040. The zero-order valence-electron chi connectivity index (χ0n) is 18.3. The Morgan fingerprint density at radius 2 is 1.41 bits per heavy atom. The first-order chi connectivity index (χ1) is 15.4. The zero-order valence-corrected chi connectivity index (χ0v) is 19.1. The average molecular weight is 457 g/mol. The molecule has 4 heteroatoms. The molecular formula is C28H28ClF3. The van der Waals surface area contributed by atoms with Crippen LogP contribution in [0.2, 0.25) is 5.02 Å². The summed E-state index contributed by atoms with van der Waals surface area (Å²) in [5.74, 6) is -0.940. The summed E-state index contributed by atoms with van der Waals surface area (Å²) >= 11 is 5.53. The van der Waals surface area contributed by atoms with Gasteiger partial charge in [-0.3, -0.25) is 0 Å². The Morgan fingerprint density at radius 3 is 2.00 bits per heavy atom. The van der Waals surface area contributed by atoms with Crippen LogP contribution in [0.25, 0.3) is 11.1 Å². The third-order valence-electron chi connectivity index (χ3n) is 6.88. The molecule has 0 amide bonds. The molecule has 0 saturated heterocycles. The Kier molecular flexibility index (Phi) is 7.25. The zero-order chi connectivity index (χ0) is 22.7. The van der Waals surface area contributed by atoms with Gasteiger partial charge in [-0.15, -0.1) is 0 Å². The lowest BCUT2D eigenvalue weighted by Gasteiger charge is -2.29. The van der Waals surface area contributed by atoms with Crippen LogP contribution in [-0.2, 0) is 12.8 Å². The molecule has 0 N–H and O–H groups in total. The molecule has 0 nitrogen and oxygen atoms in total. The van der Waals surface area contributed by atoms with Gasteiger partial charge in [-0.05, 0) is 97.2 Å². The molecule has 1 saturated carbocycles. The third-order valence-corrected chi connectivity index (χ3v) is 7.24. The molecule has 4 rings (SSSR count). The summed E-state index contributed by atoms with van der Waals surface area (Å²) in [5.41, 5.74) is 4.08. The quantitative estimate of drug-likeness (QED) is 0.325. The first-order valence-corrected chi connectivity index (χ1v) is 11.8. The molecule has 3 aromatic rings. The third kappa shape index (κ3) is 5.20. The number of halogens is 4. The minimum Gasteiger partial charge on any atom is -0.206 e. The summed E-state index contributed by atoms with van der Waals surface area (Å²) in [6, 6.07) is 16.1. The topological polar surface area (TPSA) is 0 Å². The Hall–Kier alpha value is -2.26. The van der Waals surface area contributed by atoms with Crippen molar-refractivity contribution in [3.63, 3.8) is 0 Å². The predicted octanol–water partition coefficient (Wildman–Crippen LogP) is 8.89. The molecule has 0 aliphatic heterocycles. The minimum atomic E-state index is -0.887. The van der Waals surface area contributed by atoms with E-state index in [0.717, 1.165) is 37.0 Å². The molecule has 1 aliphatic rings. The monoisotopic (exact) mass is 456 g/mol. The van der Waals surface area contributed by atoms with Gasteiger partial charge in [0.25, 0.3) is 0 Å². The van der Waals surface area contributed by atoms with Gasteiger partial charge >= 0.3 is 0 Å². The molecule has 0 unspecified atom stereocenters. The smallest absolute Gasteiger partial charge is 0.145 e. The van der Waals surface area contributed by atoms with Gasteiger partial charge in [0.1, 0.15) is 22.5 Å². The fourth-order valence-corrected chi connectivity index (χ4v) is 4.95. The highest BCUT2D eigenvalue weighted by Gasteiger charge is 2.22. The van der Waals surface area contributed by atoms with Crippen LogP contribution in [0.4, 0.5) is 13.2 Å². The van der Waals surface area contributed by atoms with Crippen LogP contribution in [0.3, 0.4) is 0 Å². The second-order valence-corrected chi connectivity index (χ2v) is 9.30. The van der Waals surface area contributed by atoms with Gasteiger partial charge in [-0.2, -0.15) is 0 Å². The predicted molar refractivity (Wildman–Crippen MR) is 126 cm³/mol. The van der Waals surface area contributed by atoms with Crippen molar-refractivity contribution in [2.45, 2.75) is 57.8 Å². The molecule has 0 bridgehead atoms. The van der Waals surface area contributed by atoms with E-state index >= 15 is 0 Å². The average Bonchev–Trinajstić information content (AvgIpc) is 2.81. The van der Waals surface area contributed by atoms with Crippen molar-refractivity contribution in [1.82, 2.24) is 0 Å². The molecule has 0 heterocycles. The maximum absolute atomic E-state index is 14.7. The largest absolute Gasteiger partial charge is 0.206 e. The standard InChI is InChI=1S/C28H28ClF3/c1-2-18-5-10-21(11-6-18)22-12-7-19(8-13-22)3-4-20-9-14-24(25(30)15-20)23-16-26(31)28(29)27(32)17-23/h5-6,9-11,14-17,19,22H,2-4,7-8,12-13H2,1H3. The first kappa shape index (κ1) is 22.9. The SMILES string of the molecule is CCc1ccc(C2CCC(CCc3ccc(-c4cc(F)c(Cl)c(F)c4)c(F)c3)CC2)cc1. The lowest BCUT2D eigenvalue weighted by atomic mass is 9.77. The number of benzene rings is 3. The van der Waals surface area contributed by atoms with Crippen LogP contribution >= 0.6 is 11.6 Å². The van der Waals surface area contributed by atoms with Crippen molar-refractivity contribution in [1.29, 1.82) is 0 Å². The summed E-state index contributed by atoms with van der Waals surface area (Å²) in [6.07, 6.45) is 7.72. The second kappa shape index (κ2) is 10.1. The van der Waals surface area contributed by atoms with E-state index in [4.69, 9.17) is 11.6 Å². The summed E-state index contributed by atoms with van der Waals surface area (Å²) < 4.78 is 42.2.